The molecule has 6 rings (SSSR count). The van der Waals surface area contributed by atoms with Crippen LogP contribution in [-0.4, -0.2) is 46.0 Å². The minimum Gasteiger partial charge on any atom is -0.368 e. The first-order chi connectivity index (χ1) is 20.9. The topological polar surface area (TPSA) is 104 Å². The van der Waals surface area contributed by atoms with Gasteiger partial charge in [-0.3, -0.25) is 14.6 Å². The summed E-state index contributed by atoms with van der Waals surface area (Å²) in [5.41, 5.74) is 1.66. The number of hydrogen-bond acceptors (Lipinski definition) is 7. The molecule has 44 heavy (non-hydrogen) atoms. The molecule has 4 aromatic rings. The number of nitrogens with one attached hydrogen (secondary N) is 3. The van der Waals surface area contributed by atoms with Gasteiger partial charge in [0.05, 0.1) is 26.7 Å². The summed E-state index contributed by atoms with van der Waals surface area (Å²) in [7, 11) is 1.95. The molecule has 1 aliphatic heterocycles. The van der Waals surface area contributed by atoms with Crippen molar-refractivity contribution in [3.8, 4) is 5.69 Å². The fourth-order valence-electron chi connectivity index (χ4n) is 5.01. The van der Waals surface area contributed by atoms with Crippen LogP contribution >= 0.6 is 11.3 Å². The molecule has 228 valence electrons. The number of alkyl halides is 3. The number of nitrogens with zero attached hydrogens (tertiary/aromatic N) is 4. The van der Waals surface area contributed by atoms with Gasteiger partial charge in [-0.25, -0.2) is 4.98 Å². The Balaban J connectivity index is 1.26. The highest BCUT2D eigenvalue weighted by Crippen LogP contribution is 2.33. The monoisotopic (exact) mass is 621 g/mol. The number of imidazole rings is 1. The minimum absolute atomic E-state index is 0.0277. The number of amides is 2. The van der Waals surface area contributed by atoms with Crippen LogP contribution in [-0.2, 0) is 6.18 Å². The molecule has 2 aromatic heterocycles. The molecule has 0 spiro atoms. The molecule has 0 atom stereocenters. The van der Waals surface area contributed by atoms with E-state index in [0.29, 0.717) is 46.4 Å². The van der Waals surface area contributed by atoms with Gasteiger partial charge in [0.2, 0.25) is 0 Å². The molecule has 1 aliphatic carbocycles. The lowest BCUT2D eigenvalue weighted by Crippen LogP contribution is -2.44. The van der Waals surface area contributed by atoms with Crippen LogP contribution in [0.4, 0.5) is 24.5 Å². The quantitative estimate of drug-likeness (QED) is 0.277. The van der Waals surface area contributed by atoms with E-state index < -0.39 is 17.6 Å². The molecule has 0 bridgehead atoms. The van der Waals surface area contributed by atoms with Gasteiger partial charge in [0.1, 0.15) is 18.3 Å². The van der Waals surface area contributed by atoms with Crippen LogP contribution in [0, 0.1) is 20.8 Å². The van der Waals surface area contributed by atoms with E-state index in [9.17, 15) is 22.8 Å². The zero-order valence-electron chi connectivity index (χ0n) is 24.5. The summed E-state index contributed by atoms with van der Waals surface area (Å²) in [5.74, 6) is 0.488. The van der Waals surface area contributed by atoms with Gasteiger partial charge in [0.15, 0.2) is 0 Å². The number of fused-ring (bicyclic) bond motifs is 1. The van der Waals surface area contributed by atoms with Crippen molar-refractivity contribution in [3.63, 3.8) is 0 Å². The predicted molar refractivity (Wildman–Crippen MR) is 162 cm³/mol. The summed E-state index contributed by atoms with van der Waals surface area (Å²) in [6, 6.07) is 8.55. The molecule has 0 unspecified atom stereocenters. The maximum atomic E-state index is 13.8. The molecule has 2 aliphatic rings. The van der Waals surface area contributed by atoms with E-state index in [1.807, 2.05) is 11.9 Å². The Morgan fingerprint density at radius 1 is 1.02 bits per heavy atom. The van der Waals surface area contributed by atoms with Crippen LogP contribution in [0.3, 0.4) is 0 Å². The lowest BCUT2D eigenvalue weighted by molar-refractivity contribution is -0.137. The Labute approximate surface area is 255 Å². The fourth-order valence-corrected chi connectivity index (χ4v) is 6.08. The summed E-state index contributed by atoms with van der Waals surface area (Å²) in [5, 5.41) is 11.4. The van der Waals surface area contributed by atoms with E-state index in [0.717, 1.165) is 35.3 Å². The first-order valence-electron chi connectivity index (χ1n) is 14.0. The smallest absolute Gasteiger partial charge is 0.368 e. The van der Waals surface area contributed by atoms with E-state index in [1.165, 1.54) is 28.0 Å². The van der Waals surface area contributed by atoms with Crippen molar-refractivity contribution in [1.82, 2.24) is 19.8 Å². The van der Waals surface area contributed by atoms with Crippen molar-refractivity contribution >= 4 is 40.3 Å². The predicted octanol–water partition coefficient (Wildman–Crippen LogP) is 4.72. The highest BCUT2D eigenvalue weighted by atomic mass is 32.1. The second-order valence-corrected chi connectivity index (χ2v) is 12.0. The fraction of sp³-hybridized carbons (Fsp3) is 0.290. The van der Waals surface area contributed by atoms with Gasteiger partial charge in [0.25, 0.3) is 11.8 Å². The SMILES string of the molecule is Cc1cn(-c2cc(NC(=O)c3ccc(C)c(NC(=O)c4csc5c4=NCN(C)C=5NC4CC4)c3)cc(C(F)(F)F)c2)c(C)n1. The largest absolute Gasteiger partial charge is 0.416 e. The van der Waals surface area contributed by atoms with E-state index in [2.05, 4.69) is 25.9 Å². The Bertz CT molecular complexity index is 1920. The van der Waals surface area contributed by atoms with Crippen molar-refractivity contribution in [2.75, 3.05) is 24.3 Å². The highest BCUT2D eigenvalue weighted by Gasteiger charge is 2.32. The second-order valence-electron chi connectivity index (χ2n) is 11.1. The summed E-state index contributed by atoms with van der Waals surface area (Å²) >= 11 is 1.44. The van der Waals surface area contributed by atoms with Crippen LogP contribution in [0.2, 0.25) is 0 Å². The molecule has 1 saturated carbocycles. The third-order valence-corrected chi connectivity index (χ3v) is 8.47. The van der Waals surface area contributed by atoms with Crippen molar-refractivity contribution < 1.29 is 22.8 Å². The molecule has 2 amide bonds. The van der Waals surface area contributed by atoms with Crippen LogP contribution in [0.1, 0.15) is 56.2 Å². The first kappa shape index (κ1) is 29.4. The summed E-state index contributed by atoms with van der Waals surface area (Å²) in [6.07, 6.45) is -0.769. The summed E-state index contributed by atoms with van der Waals surface area (Å²) in [6.45, 7) is 5.65. The Kier molecular flexibility index (Phi) is 7.44. The second kappa shape index (κ2) is 11.1. The van der Waals surface area contributed by atoms with E-state index >= 15 is 0 Å². The summed E-state index contributed by atoms with van der Waals surface area (Å²) in [4.78, 5) is 37.6. The van der Waals surface area contributed by atoms with Gasteiger partial charge in [-0.2, -0.15) is 13.2 Å². The molecule has 13 heteroatoms. The lowest BCUT2D eigenvalue weighted by atomic mass is 10.1. The van der Waals surface area contributed by atoms with E-state index in [4.69, 9.17) is 0 Å². The average molecular weight is 622 g/mol. The number of rotatable bonds is 7. The molecule has 1 fully saturated rings. The van der Waals surface area contributed by atoms with Crippen LogP contribution in [0.15, 0.2) is 53.0 Å². The lowest BCUT2D eigenvalue weighted by Gasteiger charge is -2.23. The van der Waals surface area contributed by atoms with Crippen LogP contribution in [0.25, 0.3) is 11.5 Å². The maximum absolute atomic E-state index is 13.8. The number of benzene rings is 2. The number of anilines is 2. The molecule has 9 nitrogen and oxygen atoms in total. The normalized spacial score (nSPS) is 14.6. The molecule has 0 radical (unpaired) electrons. The van der Waals surface area contributed by atoms with E-state index in [1.54, 1.807) is 44.5 Å². The van der Waals surface area contributed by atoms with Crippen LogP contribution < -0.4 is 25.8 Å². The van der Waals surface area contributed by atoms with E-state index in [-0.39, 0.29) is 22.8 Å². The third kappa shape index (κ3) is 5.91. The van der Waals surface area contributed by atoms with Crippen molar-refractivity contribution in [3.05, 3.63) is 91.6 Å². The minimum atomic E-state index is -4.63. The number of hydrogen-bond donors (Lipinski definition) is 3. The molecular formula is C31H30F3N7O2S. The van der Waals surface area contributed by atoms with Gasteiger partial charge < -0.3 is 25.4 Å². The molecule has 3 heterocycles. The standard InChI is InChI=1S/C31H30F3N7O2S/c1-16-5-6-19(29(42)38-22-10-20(31(32,33)34)11-23(12-22)41-13-17(2)36-18(41)3)9-25(16)39-30(43)24-14-44-27-26(24)35-15-40(4)28(27)37-21-7-8-21/h5-6,9-14,21,37H,7-8,15H2,1-4H3,(H,38,42)(H,39,43). The van der Waals surface area contributed by atoms with Gasteiger partial charge in [-0.15, -0.1) is 11.3 Å². The number of thiophene rings is 1. The van der Waals surface area contributed by atoms with Gasteiger partial charge in [-0.05, 0) is 69.5 Å². The third-order valence-electron chi connectivity index (χ3n) is 7.50. The van der Waals surface area contributed by atoms with Gasteiger partial charge >= 0.3 is 6.18 Å². The molecular weight excluding hydrogens is 591 g/mol. The Morgan fingerprint density at radius 2 is 1.80 bits per heavy atom. The van der Waals surface area contributed by atoms with Gasteiger partial charge in [0, 0.05) is 47.3 Å². The van der Waals surface area contributed by atoms with Gasteiger partial charge in [-0.1, -0.05) is 6.07 Å². The maximum Gasteiger partial charge on any atom is 0.416 e. The summed E-state index contributed by atoms with van der Waals surface area (Å²) < 4.78 is 43.8. The Morgan fingerprint density at radius 3 is 2.48 bits per heavy atom. The molecule has 2 aromatic carbocycles. The average Bonchev–Trinajstić information content (AvgIpc) is 3.57. The van der Waals surface area contributed by atoms with Crippen molar-refractivity contribution in [1.29, 1.82) is 0 Å². The van der Waals surface area contributed by atoms with Crippen molar-refractivity contribution in [2.45, 2.75) is 45.8 Å². The number of aryl methyl sites for hydroxylation is 3. The number of carbonyl (C=O) groups excluding carboxylic acids is 2. The zero-order chi connectivity index (χ0) is 31.3. The highest BCUT2D eigenvalue weighted by molar-refractivity contribution is 7.08. The zero-order valence-corrected chi connectivity index (χ0v) is 25.3. The number of aromatic nitrogens is 2. The molecule has 0 saturated heterocycles. The Hall–Kier alpha value is -4.65. The number of carbonyl (C=O) groups is 2. The van der Waals surface area contributed by atoms with Crippen LogP contribution in [0.5, 0.6) is 0 Å². The number of halogens is 3. The van der Waals surface area contributed by atoms with Crippen molar-refractivity contribution in [2.24, 2.45) is 4.99 Å². The molecule has 3 N–H and O–H groups in total. The first-order valence-corrected chi connectivity index (χ1v) is 14.9.